The van der Waals surface area contributed by atoms with Crippen molar-refractivity contribution >= 4 is 17.6 Å². The molecule has 0 aliphatic heterocycles. The summed E-state index contributed by atoms with van der Waals surface area (Å²) in [7, 11) is 0. The van der Waals surface area contributed by atoms with Gasteiger partial charge in [-0.3, -0.25) is 14.9 Å². The van der Waals surface area contributed by atoms with Gasteiger partial charge in [-0.1, -0.05) is 69.7 Å². The van der Waals surface area contributed by atoms with Crippen molar-refractivity contribution in [3.63, 3.8) is 0 Å². The fraction of sp³-hybridized carbons (Fsp3) is 0.250. The van der Waals surface area contributed by atoms with Crippen LogP contribution in [0.3, 0.4) is 0 Å². The van der Waals surface area contributed by atoms with E-state index < -0.39 is 0 Å². The molecule has 0 bridgehead atoms. The molecule has 34 heavy (non-hydrogen) atoms. The third-order valence-corrected chi connectivity index (χ3v) is 5.53. The maximum absolute atomic E-state index is 12.8. The molecule has 6 nitrogen and oxygen atoms in total. The van der Waals surface area contributed by atoms with Gasteiger partial charge in [-0.2, -0.15) is 0 Å². The molecular weight excluding hydrogens is 422 g/mol. The Morgan fingerprint density at radius 2 is 1.62 bits per heavy atom. The number of benzene rings is 2. The van der Waals surface area contributed by atoms with Gasteiger partial charge in [-0.25, -0.2) is 9.67 Å². The highest BCUT2D eigenvalue weighted by Crippen LogP contribution is 2.19. The van der Waals surface area contributed by atoms with Crippen molar-refractivity contribution in [2.24, 2.45) is 4.99 Å². The largest absolute Gasteiger partial charge is 0.399 e. The zero-order valence-corrected chi connectivity index (χ0v) is 20.2. The molecule has 0 aliphatic rings. The molecule has 0 atom stereocenters. The fourth-order valence-corrected chi connectivity index (χ4v) is 3.64. The van der Waals surface area contributed by atoms with E-state index in [0.717, 1.165) is 48.3 Å². The third-order valence-electron chi connectivity index (χ3n) is 5.53. The minimum Gasteiger partial charge on any atom is -0.399 e. The van der Waals surface area contributed by atoms with Crippen LogP contribution in [0.4, 0.5) is 11.4 Å². The summed E-state index contributed by atoms with van der Waals surface area (Å²) in [5, 5.41) is 3.18. The van der Waals surface area contributed by atoms with Crippen LogP contribution in [0.2, 0.25) is 0 Å². The molecule has 0 fully saturated rings. The summed E-state index contributed by atoms with van der Waals surface area (Å²) in [6, 6.07) is 21.4. The number of pyridine rings is 1. The average Bonchev–Trinajstić information content (AvgIpc) is 3.19. The Bertz CT molecular complexity index is 1270. The standard InChI is InChI=1S/C20H22N4O.C8H11N/c1-3-9-18-16(14-22-17-11-6-5-10-15(17)4-2)20(25)24(23-18)19-12-7-8-13-21-19;1-2-7-5-3-4-6-8(7)9/h5-8,10-14,23H,3-4,9H2,1-2H3;3-6H,2,9H2,1H3. The Balaban J connectivity index is 0.000000302. The Morgan fingerprint density at radius 1 is 0.941 bits per heavy atom. The molecule has 0 aliphatic carbocycles. The van der Waals surface area contributed by atoms with Gasteiger partial charge in [-0.15, -0.1) is 0 Å². The first-order valence-corrected chi connectivity index (χ1v) is 11.8. The molecule has 0 radical (unpaired) electrons. The minimum absolute atomic E-state index is 0.125. The van der Waals surface area contributed by atoms with E-state index in [1.807, 2.05) is 48.5 Å². The van der Waals surface area contributed by atoms with E-state index in [9.17, 15) is 4.79 Å². The fourth-order valence-electron chi connectivity index (χ4n) is 3.64. The van der Waals surface area contributed by atoms with Gasteiger partial charge in [0, 0.05) is 23.8 Å². The van der Waals surface area contributed by atoms with Crippen LogP contribution in [0.25, 0.3) is 5.82 Å². The highest BCUT2D eigenvalue weighted by Gasteiger charge is 2.13. The summed E-state index contributed by atoms with van der Waals surface area (Å²) < 4.78 is 1.48. The van der Waals surface area contributed by atoms with Crippen molar-refractivity contribution in [1.82, 2.24) is 14.8 Å². The number of nitrogens with zero attached hydrogens (tertiary/aromatic N) is 3. The lowest BCUT2D eigenvalue weighted by atomic mass is 10.1. The molecule has 0 saturated carbocycles. The highest BCUT2D eigenvalue weighted by atomic mass is 16.1. The van der Waals surface area contributed by atoms with Crippen molar-refractivity contribution in [2.75, 3.05) is 5.73 Å². The van der Waals surface area contributed by atoms with E-state index >= 15 is 0 Å². The van der Waals surface area contributed by atoms with E-state index in [-0.39, 0.29) is 5.56 Å². The van der Waals surface area contributed by atoms with Gasteiger partial charge in [0.05, 0.1) is 11.3 Å². The van der Waals surface area contributed by atoms with Gasteiger partial charge in [-0.05, 0) is 54.7 Å². The van der Waals surface area contributed by atoms with Crippen LogP contribution >= 0.6 is 0 Å². The Hall–Kier alpha value is -3.93. The van der Waals surface area contributed by atoms with Crippen LogP contribution in [0, 0.1) is 0 Å². The zero-order chi connectivity index (χ0) is 24.3. The number of aromatic amines is 1. The van der Waals surface area contributed by atoms with Crippen LogP contribution in [0.1, 0.15) is 49.6 Å². The molecule has 176 valence electrons. The molecular formula is C28H33N5O. The number of hydrogen-bond acceptors (Lipinski definition) is 4. The minimum atomic E-state index is -0.125. The van der Waals surface area contributed by atoms with Gasteiger partial charge in [0.2, 0.25) is 0 Å². The topological polar surface area (TPSA) is 89.1 Å². The quantitative estimate of drug-likeness (QED) is 0.278. The van der Waals surface area contributed by atoms with Crippen LogP contribution in [0.15, 0.2) is 82.7 Å². The molecule has 0 saturated heterocycles. The number of aromatic nitrogens is 3. The van der Waals surface area contributed by atoms with E-state index in [0.29, 0.717) is 11.4 Å². The van der Waals surface area contributed by atoms with Crippen LogP contribution in [0.5, 0.6) is 0 Å². The molecule has 6 heteroatoms. The number of H-pyrrole nitrogens is 1. The van der Waals surface area contributed by atoms with Gasteiger partial charge >= 0.3 is 0 Å². The maximum Gasteiger partial charge on any atom is 0.281 e. The summed E-state index contributed by atoms with van der Waals surface area (Å²) in [4.78, 5) is 21.7. The summed E-state index contributed by atoms with van der Waals surface area (Å²) in [6.45, 7) is 6.29. The van der Waals surface area contributed by atoms with E-state index in [2.05, 4.69) is 48.0 Å². The number of para-hydroxylation sites is 2. The number of aryl methyl sites for hydroxylation is 3. The lowest BCUT2D eigenvalue weighted by molar-refractivity contribution is 0.775. The Labute approximate surface area is 201 Å². The lowest BCUT2D eigenvalue weighted by Crippen LogP contribution is -2.18. The molecule has 0 unspecified atom stereocenters. The molecule has 4 rings (SSSR count). The third kappa shape index (κ3) is 6.10. The maximum atomic E-state index is 12.8. The number of nitrogens with one attached hydrogen (secondary N) is 1. The van der Waals surface area contributed by atoms with Crippen molar-refractivity contribution in [1.29, 1.82) is 0 Å². The molecule has 2 aromatic carbocycles. The highest BCUT2D eigenvalue weighted by molar-refractivity contribution is 5.83. The van der Waals surface area contributed by atoms with Gasteiger partial charge in [0.15, 0.2) is 5.82 Å². The zero-order valence-electron chi connectivity index (χ0n) is 20.2. The molecule has 4 aromatic rings. The van der Waals surface area contributed by atoms with Gasteiger partial charge < -0.3 is 5.73 Å². The first kappa shape index (κ1) is 24.7. The van der Waals surface area contributed by atoms with Crippen LogP contribution < -0.4 is 11.3 Å². The second kappa shape index (κ2) is 12.3. The first-order valence-electron chi connectivity index (χ1n) is 11.8. The number of hydrogen-bond donors (Lipinski definition) is 2. The SMILES string of the molecule is CCCc1[nH]n(-c2ccccn2)c(=O)c1C=Nc1ccccc1CC.CCc1ccccc1N. The smallest absolute Gasteiger partial charge is 0.281 e. The van der Waals surface area contributed by atoms with Gasteiger partial charge in [0.25, 0.3) is 5.56 Å². The molecule has 3 N–H and O–H groups in total. The summed E-state index contributed by atoms with van der Waals surface area (Å²) in [5.41, 5.74) is 11.2. The first-order chi connectivity index (χ1) is 16.6. The van der Waals surface area contributed by atoms with Crippen molar-refractivity contribution in [2.45, 2.75) is 46.5 Å². The van der Waals surface area contributed by atoms with Crippen molar-refractivity contribution < 1.29 is 0 Å². The lowest BCUT2D eigenvalue weighted by Gasteiger charge is -2.01. The van der Waals surface area contributed by atoms with E-state index in [4.69, 9.17) is 5.73 Å². The number of rotatable bonds is 7. The number of nitrogens with two attached hydrogens (primary N) is 1. The monoisotopic (exact) mass is 455 g/mol. The van der Waals surface area contributed by atoms with Crippen LogP contribution in [-0.4, -0.2) is 21.0 Å². The number of anilines is 1. The molecule has 2 aromatic heterocycles. The predicted octanol–water partition coefficient (Wildman–Crippen LogP) is 5.66. The second-order valence-electron chi connectivity index (χ2n) is 7.88. The van der Waals surface area contributed by atoms with Crippen molar-refractivity contribution in [3.05, 3.63) is 106 Å². The summed E-state index contributed by atoms with van der Waals surface area (Å²) in [6.07, 6.45) is 7.00. The molecule has 2 heterocycles. The Kier molecular flexibility index (Phi) is 8.97. The van der Waals surface area contributed by atoms with E-state index in [1.165, 1.54) is 10.2 Å². The number of nitrogen functional groups attached to an aromatic ring is 1. The normalized spacial score (nSPS) is 10.8. The second-order valence-corrected chi connectivity index (χ2v) is 7.88. The van der Waals surface area contributed by atoms with Crippen molar-refractivity contribution in [3.8, 4) is 5.82 Å². The van der Waals surface area contributed by atoms with Gasteiger partial charge in [0.1, 0.15) is 0 Å². The predicted molar refractivity (Wildman–Crippen MR) is 141 cm³/mol. The molecule has 0 spiro atoms. The number of aliphatic imine (C=N–C) groups is 1. The van der Waals surface area contributed by atoms with Crippen LogP contribution in [-0.2, 0) is 19.3 Å². The molecule has 0 amide bonds. The van der Waals surface area contributed by atoms with E-state index in [1.54, 1.807) is 18.5 Å². The Morgan fingerprint density at radius 3 is 2.24 bits per heavy atom. The summed E-state index contributed by atoms with van der Waals surface area (Å²) >= 11 is 0. The summed E-state index contributed by atoms with van der Waals surface area (Å²) in [5.74, 6) is 0.582. The average molecular weight is 456 g/mol.